The van der Waals surface area contributed by atoms with E-state index in [0.29, 0.717) is 13.1 Å². The summed E-state index contributed by atoms with van der Waals surface area (Å²) >= 11 is 0. The van der Waals surface area contributed by atoms with Crippen LogP contribution in [0.2, 0.25) is 0 Å². The van der Waals surface area contributed by atoms with E-state index >= 15 is 0 Å². The number of carbonyl (C=O) groups is 1. The second-order valence-electron chi connectivity index (χ2n) is 5.20. The van der Waals surface area contributed by atoms with Crippen LogP contribution < -0.4 is 5.73 Å². The van der Waals surface area contributed by atoms with E-state index in [-0.39, 0.29) is 17.5 Å². The third-order valence-electron chi connectivity index (χ3n) is 3.75. The number of halogens is 2. The molecule has 2 rings (SSSR count). The van der Waals surface area contributed by atoms with Gasteiger partial charge in [-0.15, -0.1) is 0 Å². The van der Waals surface area contributed by atoms with Crippen molar-refractivity contribution in [2.45, 2.75) is 26.3 Å². The first-order valence-corrected chi connectivity index (χ1v) is 6.41. The van der Waals surface area contributed by atoms with Gasteiger partial charge < -0.3 is 10.6 Å². The molecule has 1 aliphatic rings. The standard InChI is InChI=1S/C14H18F2N2O/c1-8-3-4-11(15)12(13(8)16)14(19)18-7-10(6-17)5-9(18)2/h3-4,9-10H,5-7,17H2,1-2H3. The summed E-state index contributed by atoms with van der Waals surface area (Å²) in [4.78, 5) is 13.8. The Morgan fingerprint density at radius 3 is 2.74 bits per heavy atom. The molecule has 0 radical (unpaired) electrons. The molecule has 1 saturated heterocycles. The molecule has 2 unspecified atom stereocenters. The van der Waals surface area contributed by atoms with Gasteiger partial charge in [-0.3, -0.25) is 4.79 Å². The Bertz CT molecular complexity index is 504. The highest BCUT2D eigenvalue weighted by Crippen LogP contribution is 2.26. The number of nitrogens with zero attached hydrogens (tertiary/aromatic N) is 1. The summed E-state index contributed by atoms with van der Waals surface area (Å²) in [5, 5.41) is 0. The first-order valence-electron chi connectivity index (χ1n) is 6.41. The molecular weight excluding hydrogens is 250 g/mol. The van der Waals surface area contributed by atoms with Gasteiger partial charge in [0, 0.05) is 12.6 Å². The van der Waals surface area contributed by atoms with Crippen molar-refractivity contribution in [2.24, 2.45) is 11.7 Å². The molecule has 5 heteroatoms. The molecule has 2 N–H and O–H groups in total. The molecule has 1 heterocycles. The Morgan fingerprint density at radius 2 is 2.16 bits per heavy atom. The minimum absolute atomic E-state index is 0.0413. The lowest BCUT2D eigenvalue weighted by Crippen LogP contribution is -2.35. The van der Waals surface area contributed by atoms with E-state index in [1.807, 2.05) is 6.92 Å². The SMILES string of the molecule is Cc1ccc(F)c(C(=O)N2CC(CN)CC2C)c1F. The molecule has 1 amide bonds. The molecule has 2 atom stereocenters. The predicted molar refractivity (Wildman–Crippen MR) is 68.8 cm³/mol. The molecule has 1 aromatic carbocycles. The van der Waals surface area contributed by atoms with E-state index in [2.05, 4.69) is 0 Å². The van der Waals surface area contributed by atoms with E-state index in [0.717, 1.165) is 12.5 Å². The normalized spacial score (nSPS) is 22.9. The van der Waals surface area contributed by atoms with Gasteiger partial charge in [0.15, 0.2) is 0 Å². The molecule has 3 nitrogen and oxygen atoms in total. The average Bonchev–Trinajstić information content (AvgIpc) is 2.75. The van der Waals surface area contributed by atoms with E-state index in [9.17, 15) is 13.6 Å². The molecule has 1 aliphatic heterocycles. The highest BCUT2D eigenvalue weighted by molar-refractivity contribution is 5.95. The van der Waals surface area contributed by atoms with E-state index in [1.54, 1.807) is 0 Å². The first kappa shape index (κ1) is 13.9. The van der Waals surface area contributed by atoms with Crippen LogP contribution in [0.1, 0.15) is 29.3 Å². The van der Waals surface area contributed by atoms with E-state index in [4.69, 9.17) is 5.73 Å². The molecule has 19 heavy (non-hydrogen) atoms. The van der Waals surface area contributed by atoms with Gasteiger partial charge in [0.05, 0.1) is 0 Å². The van der Waals surface area contributed by atoms with Crippen molar-refractivity contribution in [2.75, 3.05) is 13.1 Å². The number of hydrogen-bond donors (Lipinski definition) is 1. The molecule has 0 aromatic heterocycles. The molecule has 0 saturated carbocycles. The summed E-state index contributed by atoms with van der Waals surface area (Å²) in [5.41, 5.74) is 5.41. The third kappa shape index (κ3) is 2.47. The topological polar surface area (TPSA) is 46.3 Å². The van der Waals surface area contributed by atoms with E-state index in [1.165, 1.54) is 17.9 Å². The Hall–Kier alpha value is -1.49. The van der Waals surface area contributed by atoms with Crippen LogP contribution in [0.3, 0.4) is 0 Å². The van der Waals surface area contributed by atoms with Crippen molar-refractivity contribution in [1.29, 1.82) is 0 Å². The van der Waals surface area contributed by atoms with Gasteiger partial charge in [0.2, 0.25) is 0 Å². The third-order valence-corrected chi connectivity index (χ3v) is 3.75. The van der Waals surface area contributed by atoms with Gasteiger partial charge in [-0.05, 0) is 44.4 Å². The number of nitrogens with two attached hydrogens (primary N) is 1. The van der Waals surface area contributed by atoms with Crippen LogP contribution in [-0.4, -0.2) is 29.9 Å². The van der Waals surface area contributed by atoms with Crippen molar-refractivity contribution in [3.05, 3.63) is 34.9 Å². The van der Waals surface area contributed by atoms with Crippen LogP contribution in [0.25, 0.3) is 0 Å². The Morgan fingerprint density at radius 1 is 1.47 bits per heavy atom. The molecule has 0 aliphatic carbocycles. The summed E-state index contributed by atoms with van der Waals surface area (Å²) < 4.78 is 27.7. The van der Waals surface area contributed by atoms with E-state index < -0.39 is 23.1 Å². The summed E-state index contributed by atoms with van der Waals surface area (Å²) in [6, 6.07) is 2.42. The van der Waals surface area contributed by atoms with Crippen LogP contribution in [-0.2, 0) is 0 Å². The number of hydrogen-bond acceptors (Lipinski definition) is 2. The Balaban J connectivity index is 2.33. The number of benzene rings is 1. The van der Waals surface area contributed by atoms with Gasteiger partial charge in [0.1, 0.15) is 17.2 Å². The van der Waals surface area contributed by atoms with Crippen LogP contribution in [0.4, 0.5) is 8.78 Å². The van der Waals surface area contributed by atoms with Gasteiger partial charge in [-0.25, -0.2) is 8.78 Å². The average molecular weight is 268 g/mol. The Labute approximate surface area is 111 Å². The second-order valence-corrected chi connectivity index (χ2v) is 5.20. The molecule has 0 bridgehead atoms. The van der Waals surface area contributed by atoms with Crippen molar-refractivity contribution in [3.8, 4) is 0 Å². The number of aryl methyl sites for hydroxylation is 1. The highest BCUT2D eigenvalue weighted by Gasteiger charge is 2.34. The van der Waals surface area contributed by atoms with Crippen molar-refractivity contribution < 1.29 is 13.6 Å². The van der Waals surface area contributed by atoms with Crippen LogP contribution in [0, 0.1) is 24.5 Å². The molecular formula is C14H18F2N2O. The van der Waals surface area contributed by atoms with Crippen molar-refractivity contribution in [3.63, 3.8) is 0 Å². The largest absolute Gasteiger partial charge is 0.335 e. The van der Waals surface area contributed by atoms with Crippen LogP contribution >= 0.6 is 0 Å². The molecule has 0 spiro atoms. The van der Waals surface area contributed by atoms with Crippen LogP contribution in [0.5, 0.6) is 0 Å². The van der Waals surface area contributed by atoms with Crippen LogP contribution in [0.15, 0.2) is 12.1 Å². The van der Waals surface area contributed by atoms with Gasteiger partial charge >= 0.3 is 0 Å². The minimum Gasteiger partial charge on any atom is -0.335 e. The fourth-order valence-electron chi connectivity index (χ4n) is 2.59. The number of carbonyl (C=O) groups excluding carboxylic acids is 1. The first-order chi connectivity index (χ1) is 8.95. The lowest BCUT2D eigenvalue weighted by atomic mass is 10.1. The fraction of sp³-hybridized carbons (Fsp3) is 0.500. The number of rotatable bonds is 2. The van der Waals surface area contributed by atoms with Crippen molar-refractivity contribution in [1.82, 2.24) is 4.90 Å². The smallest absolute Gasteiger partial charge is 0.260 e. The lowest BCUT2D eigenvalue weighted by molar-refractivity contribution is 0.0733. The van der Waals surface area contributed by atoms with Gasteiger partial charge in [-0.2, -0.15) is 0 Å². The molecule has 1 fully saturated rings. The zero-order chi connectivity index (χ0) is 14.2. The summed E-state index contributed by atoms with van der Waals surface area (Å²) in [6.07, 6.45) is 0.775. The summed E-state index contributed by atoms with van der Waals surface area (Å²) in [7, 11) is 0. The maximum absolute atomic E-state index is 14.0. The summed E-state index contributed by atoms with van der Waals surface area (Å²) in [5.74, 6) is -1.96. The van der Waals surface area contributed by atoms with Crippen molar-refractivity contribution >= 4 is 5.91 Å². The fourth-order valence-corrected chi connectivity index (χ4v) is 2.59. The lowest BCUT2D eigenvalue weighted by Gasteiger charge is -2.22. The Kier molecular flexibility index (Phi) is 3.85. The number of likely N-dealkylation sites (tertiary alicyclic amines) is 1. The molecule has 104 valence electrons. The molecule has 1 aromatic rings. The monoisotopic (exact) mass is 268 g/mol. The highest BCUT2D eigenvalue weighted by atomic mass is 19.1. The maximum atomic E-state index is 14.0. The quantitative estimate of drug-likeness (QED) is 0.892. The van der Waals surface area contributed by atoms with Gasteiger partial charge in [-0.1, -0.05) is 6.07 Å². The minimum atomic E-state index is -0.809. The number of amides is 1. The zero-order valence-electron chi connectivity index (χ0n) is 11.1. The van der Waals surface area contributed by atoms with Gasteiger partial charge in [0.25, 0.3) is 5.91 Å². The summed E-state index contributed by atoms with van der Waals surface area (Å²) in [6.45, 7) is 4.33. The second kappa shape index (κ2) is 5.25. The maximum Gasteiger partial charge on any atom is 0.260 e. The zero-order valence-corrected chi connectivity index (χ0v) is 11.1. The predicted octanol–water partition coefficient (Wildman–Crippen LogP) is 2.08.